The van der Waals surface area contributed by atoms with Crippen LogP contribution in [0.4, 0.5) is 0 Å². The molecular weight excluding hydrogens is 576 g/mol. The molecule has 0 aromatic rings. The van der Waals surface area contributed by atoms with Crippen LogP contribution in [0.25, 0.3) is 0 Å². The summed E-state index contributed by atoms with van der Waals surface area (Å²) in [7, 11) is 0. The van der Waals surface area contributed by atoms with Crippen LogP contribution in [-0.4, -0.2) is 115 Å². The molecule has 0 heterocycles. The van der Waals surface area contributed by atoms with Gasteiger partial charge in [0, 0.05) is 62.7 Å². The van der Waals surface area contributed by atoms with Crippen LogP contribution in [-0.2, 0) is 19.1 Å². The molecule has 0 aliphatic carbocycles. The van der Waals surface area contributed by atoms with Crippen LogP contribution in [0.2, 0.25) is 0 Å². The van der Waals surface area contributed by atoms with Gasteiger partial charge in [0.05, 0.1) is 13.2 Å². The maximum atomic E-state index is 9.82. The van der Waals surface area contributed by atoms with E-state index in [-0.39, 0.29) is 60.8 Å². The Kier molecular flexibility index (Phi) is 102. The standard InChI is InChI=1S/2C4H8O2.8C3H8O/c2*1-3-6-4(2)5;8*1-3(2)4/h2*3H2,1-2H3;8*3-4H,1-2H3. The molecule has 0 spiro atoms. The Hall–Kier alpha value is -1.38. The third-order valence-electron chi connectivity index (χ3n) is 0.695. The number of hydrogen-bond acceptors (Lipinski definition) is 12. The normalized spacial score (nSPS) is 8.64. The Balaban J connectivity index is -0.0000000367. The summed E-state index contributed by atoms with van der Waals surface area (Å²) < 4.78 is 8.81. The fourth-order valence-electron chi connectivity index (χ4n) is 0.407. The highest BCUT2D eigenvalue weighted by molar-refractivity contribution is 5.66. The van der Waals surface area contributed by atoms with E-state index in [0.717, 1.165) is 0 Å². The van der Waals surface area contributed by atoms with Crippen molar-refractivity contribution in [3.05, 3.63) is 0 Å². The molecule has 0 aliphatic heterocycles. The number of ether oxygens (including phenoxy) is 2. The first-order valence-electron chi connectivity index (χ1n) is 15.1. The fraction of sp³-hybridized carbons (Fsp3) is 0.938. The van der Waals surface area contributed by atoms with Gasteiger partial charge in [-0.25, -0.2) is 0 Å². The zero-order valence-corrected chi connectivity index (χ0v) is 32.2. The van der Waals surface area contributed by atoms with Gasteiger partial charge >= 0.3 is 11.9 Å². The van der Waals surface area contributed by atoms with E-state index in [1.54, 1.807) is 125 Å². The van der Waals surface area contributed by atoms with E-state index in [4.69, 9.17) is 40.9 Å². The van der Waals surface area contributed by atoms with Gasteiger partial charge in [0.15, 0.2) is 0 Å². The number of carbonyl (C=O) groups excluding carboxylic acids is 2. The summed E-state index contributed by atoms with van der Waals surface area (Å²) in [5.41, 5.74) is 0. The fourth-order valence-corrected chi connectivity index (χ4v) is 0.407. The summed E-state index contributed by atoms with van der Waals surface area (Å²) in [6.07, 6.45) is -1.33. The van der Waals surface area contributed by atoms with Crippen molar-refractivity contribution in [3.63, 3.8) is 0 Å². The van der Waals surface area contributed by atoms with Crippen LogP contribution in [0.1, 0.15) is 138 Å². The first kappa shape index (κ1) is 69.4. The number of esters is 2. The van der Waals surface area contributed by atoms with Crippen molar-refractivity contribution in [3.8, 4) is 0 Å². The average molecular weight is 657 g/mol. The largest absolute Gasteiger partial charge is 0.466 e. The number of rotatable bonds is 2. The van der Waals surface area contributed by atoms with Crippen LogP contribution in [0.3, 0.4) is 0 Å². The molecule has 0 aromatic carbocycles. The van der Waals surface area contributed by atoms with Gasteiger partial charge < -0.3 is 50.3 Å². The quantitative estimate of drug-likeness (QED) is 0.196. The Bertz CT molecular complexity index is 329. The molecule has 0 fully saturated rings. The van der Waals surface area contributed by atoms with E-state index in [9.17, 15) is 9.59 Å². The Labute approximate surface area is 272 Å². The summed E-state index contributed by atoms with van der Waals surface area (Å²) in [6.45, 7) is 34.9. The second-order valence-electron chi connectivity index (χ2n) is 10.6. The third-order valence-corrected chi connectivity index (χ3v) is 0.695. The molecule has 0 saturated carbocycles. The minimum absolute atomic E-state index is 0.167. The highest BCUT2D eigenvalue weighted by Crippen LogP contribution is 1.71. The Morgan fingerprint density at radius 3 is 0.432 bits per heavy atom. The van der Waals surface area contributed by atoms with E-state index in [1.807, 2.05) is 0 Å². The molecule has 0 unspecified atom stereocenters. The van der Waals surface area contributed by atoms with Gasteiger partial charge in [0.1, 0.15) is 0 Å². The first-order valence-corrected chi connectivity index (χ1v) is 15.1. The van der Waals surface area contributed by atoms with Gasteiger partial charge in [0.2, 0.25) is 0 Å². The van der Waals surface area contributed by atoms with Crippen LogP contribution in [0.15, 0.2) is 0 Å². The molecule has 0 aromatic heterocycles. The molecule has 12 heteroatoms. The number of aliphatic hydroxyl groups is 8. The highest BCUT2D eigenvalue weighted by atomic mass is 16.5. The second kappa shape index (κ2) is 64.5. The number of hydrogen-bond donors (Lipinski definition) is 8. The summed E-state index contributed by atoms with van der Waals surface area (Å²) >= 11 is 0. The predicted octanol–water partition coefficient (Wildman–Crippen LogP) is 4.24. The van der Waals surface area contributed by atoms with Crippen molar-refractivity contribution in [2.24, 2.45) is 0 Å². The predicted molar refractivity (Wildman–Crippen MR) is 183 cm³/mol. The van der Waals surface area contributed by atoms with Gasteiger partial charge in [-0.1, -0.05) is 0 Å². The smallest absolute Gasteiger partial charge is 0.302 e. The van der Waals surface area contributed by atoms with E-state index in [1.165, 1.54) is 13.8 Å². The summed E-state index contributed by atoms with van der Waals surface area (Å²) in [6, 6.07) is 0. The molecule has 0 radical (unpaired) electrons. The van der Waals surface area contributed by atoms with Crippen LogP contribution in [0, 0.1) is 0 Å². The van der Waals surface area contributed by atoms with Crippen molar-refractivity contribution in [2.45, 2.75) is 187 Å². The maximum absolute atomic E-state index is 9.82. The zero-order valence-electron chi connectivity index (χ0n) is 32.2. The van der Waals surface area contributed by atoms with Crippen molar-refractivity contribution in [1.82, 2.24) is 0 Å². The lowest BCUT2D eigenvalue weighted by Gasteiger charge is -1.89. The summed E-state index contributed by atoms with van der Waals surface area (Å²) in [5, 5.41) is 64.4. The Morgan fingerprint density at radius 1 is 0.364 bits per heavy atom. The molecule has 0 bridgehead atoms. The lowest BCUT2D eigenvalue weighted by atomic mass is 10.5. The van der Waals surface area contributed by atoms with Gasteiger partial charge in [-0.05, 0) is 125 Å². The summed E-state index contributed by atoms with van der Waals surface area (Å²) in [5.74, 6) is -0.421. The third kappa shape index (κ3) is 2990. The van der Waals surface area contributed by atoms with E-state index < -0.39 is 0 Å². The van der Waals surface area contributed by atoms with Gasteiger partial charge in [-0.15, -0.1) is 0 Å². The highest BCUT2D eigenvalue weighted by Gasteiger charge is 1.82. The van der Waals surface area contributed by atoms with Gasteiger partial charge in [-0.2, -0.15) is 0 Å². The van der Waals surface area contributed by atoms with Crippen LogP contribution >= 0.6 is 0 Å². The van der Waals surface area contributed by atoms with E-state index in [0.29, 0.717) is 13.2 Å². The molecule has 0 saturated heterocycles. The lowest BCUT2D eigenvalue weighted by molar-refractivity contribution is -0.141. The van der Waals surface area contributed by atoms with Crippen molar-refractivity contribution < 1.29 is 59.9 Å². The number of carbonyl (C=O) groups is 2. The average Bonchev–Trinajstić information content (AvgIpc) is 2.64. The van der Waals surface area contributed by atoms with Gasteiger partial charge in [0.25, 0.3) is 0 Å². The molecular formula is C32H80O12. The molecule has 44 heavy (non-hydrogen) atoms. The van der Waals surface area contributed by atoms with Crippen LogP contribution < -0.4 is 0 Å². The van der Waals surface area contributed by atoms with Gasteiger partial charge in [-0.3, -0.25) is 9.59 Å². The van der Waals surface area contributed by atoms with Crippen molar-refractivity contribution in [1.29, 1.82) is 0 Å². The molecule has 12 nitrogen and oxygen atoms in total. The molecule has 280 valence electrons. The zero-order chi connectivity index (χ0) is 38.6. The monoisotopic (exact) mass is 657 g/mol. The lowest BCUT2D eigenvalue weighted by Crippen LogP contribution is -1.95. The topological polar surface area (TPSA) is 214 Å². The minimum Gasteiger partial charge on any atom is -0.466 e. The molecule has 0 aliphatic rings. The molecule has 0 rings (SSSR count). The van der Waals surface area contributed by atoms with E-state index in [2.05, 4.69) is 9.47 Å². The van der Waals surface area contributed by atoms with Crippen molar-refractivity contribution >= 4 is 11.9 Å². The maximum Gasteiger partial charge on any atom is 0.302 e. The molecule has 0 atom stereocenters. The van der Waals surface area contributed by atoms with E-state index >= 15 is 0 Å². The second-order valence-corrected chi connectivity index (χ2v) is 10.6. The SMILES string of the molecule is CC(C)O.CC(C)O.CC(C)O.CC(C)O.CC(C)O.CC(C)O.CC(C)O.CC(C)O.CCOC(C)=O.CCOC(C)=O. The van der Waals surface area contributed by atoms with Crippen molar-refractivity contribution in [2.75, 3.05) is 13.2 Å². The minimum atomic E-state index is -0.211. The molecule has 8 N–H and O–H groups in total. The Morgan fingerprint density at radius 2 is 0.432 bits per heavy atom. The molecule has 0 amide bonds. The number of aliphatic hydroxyl groups excluding tert-OH is 8. The first-order chi connectivity index (χ1) is 19.4. The summed E-state index contributed by atoms with van der Waals surface area (Å²) in [4.78, 5) is 19.6. The van der Waals surface area contributed by atoms with Crippen LogP contribution in [0.5, 0.6) is 0 Å².